The van der Waals surface area contributed by atoms with Gasteiger partial charge < -0.3 is 0 Å². The molecule has 0 saturated carbocycles. The number of benzene rings is 2. The molecule has 0 amide bonds. The Morgan fingerprint density at radius 1 is 1.11 bits per heavy atom. The molecule has 2 rings (SSSR count). The minimum atomic E-state index is -0.631. The minimum absolute atomic E-state index is 0.198. The fraction of sp³-hybridized carbons (Fsp3) is 0.143. The predicted octanol–water partition coefficient (Wildman–Crippen LogP) is 3.48. The summed E-state index contributed by atoms with van der Waals surface area (Å²) >= 11 is 5.99. The van der Waals surface area contributed by atoms with E-state index in [0.717, 1.165) is 5.56 Å². The summed E-state index contributed by atoms with van der Waals surface area (Å²) < 4.78 is 26.9. The first kappa shape index (κ1) is 13.9. The highest BCUT2D eigenvalue weighted by Crippen LogP contribution is 2.30. The number of hydrazine groups is 1. The van der Waals surface area contributed by atoms with Crippen molar-refractivity contribution in [3.63, 3.8) is 0 Å². The van der Waals surface area contributed by atoms with Gasteiger partial charge in [0.1, 0.15) is 11.6 Å². The zero-order valence-corrected chi connectivity index (χ0v) is 11.0. The van der Waals surface area contributed by atoms with Crippen molar-refractivity contribution in [2.24, 2.45) is 5.84 Å². The predicted molar refractivity (Wildman–Crippen MR) is 71.7 cm³/mol. The van der Waals surface area contributed by atoms with Crippen LogP contribution in [0.15, 0.2) is 36.4 Å². The van der Waals surface area contributed by atoms with E-state index in [-0.39, 0.29) is 5.02 Å². The Kier molecular flexibility index (Phi) is 4.14. The Balaban J connectivity index is 2.52. The van der Waals surface area contributed by atoms with E-state index in [0.29, 0.717) is 11.1 Å². The van der Waals surface area contributed by atoms with Gasteiger partial charge in [0, 0.05) is 10.6 Å². The second-order valence-electron chi connectivity index (χ2n) is 4.29. The molecule has 0 aliphatic heterocycles. The first-order valence-corrected chi connectivity index (χ1v) is 6.08. The van der Waals surface area contributed by atoms with Crippen LogP contribution in [0, 0.1) is 18.6 Å². The lowest BCUT2D eigenvalue weighted by molar-refractivity contribution is 0.558. The zero-order chi connectivity index (χ0) is 14.0. The Morgan fingerprint density at radius 2 is 1.84 bits per heavy atom. The summed E-state index contributed by atoms with van der Waals surface area (Å²) in [7, 11) is 0. The van der Waals surface area contributed by atoms with Crippen LogP contribution in [-0.4, -0.2) is 0 Å². The fourth-order valence-corrected chi connectivity index (χ4v) is 2.24. The minimum Gasteiger partial charge on any atom is -0.271 e. The summed E-state index contributed by atoms with van der Waals surface area (Å²) in [5.74, 6) is 4.65. The smallest absolute Gasteiger partial charge is 0.128 e. The van der Waals surface area contributed by atoms with Crippen LogP contribution in [0.2, 0.25) is 5.02 Å². The average molecular weight is 283 g/mol. The van der Waals surface area contributed by atoms with Gasteiger partial charge in [-0.2, -0.15) is 0 Å². The lowest BCUT2D eigenvalue weighted by Crippen LogP contribution is -2.29. The van der Waals surface area contributed by atoms with Gasteiger partial charge in [0.2, 0.25) is 0 Å². The van der Waals surface area contributed by atoms with E-state index < -0.39 is 17.7 Å². The normalized spacial score (nSPS) is 12.5. The first-order chi connectivity index (χ1) is 9.02. The van der Waals surface area contributed by atoms with Crippen molar-refractivity contribution in [1.29, 1.82) is 0 Å². The molecule has 0 heterocycles. The van der Waals surface area contributed by atoms with E-state index in [1.807, 2.05) is 6.92 Å². The van der Waals surface area contributed by atoms with Gasteiger partial charge >= 0.3 is 0 Å². The van der Waals surface area contributed by atoms with Crippen molar-refractivity contribution >= 4 is 11.6 Å². The molecule has 0 aromatic heterocycles. The van der Waals surface area contributed by atoms with Crippen molar-refractivity contribution in [2.75, 3.05) is 0 Å². The SMILES string of the molecule is Cc1ccc(F)c(C(NN)c2ccc(F)cc2Cl)c1. The van der Waals surface area contributed by atoms with Gasteiger partial charge in [0.25, 0.3) is 0 Å². The van der Waals surface area contributed by atoms with Crippen molar-refractivity contribution in [3.05, 3.63) is 69.7 Å². The maximum absolute atomic E-state index is 13.9. The van der Waals surface area contributed by atoms with E-state index in [1.54, 1.807) is 12.1 Å². The van der Waals surface area contributed by atoms with Crippen LogP contribution in [0.3, 0.4) is 0 Å². The van der Waals surface area contributed by atoms with E-state index in [9.17, 15) is 8.78 Å². The summed E-state index contributed by atoms with van der Waals surface area (Å²) in [6, 6.07) is 8.01. The van der Waals surface area contributed by atoms with E-state index in [4.69, 9.17) is 17.4 Å². The number of rotatable bonds is 3. The summed E-state index contributed by atoms with van der Waals surface area (Å²) in [5.41, 5.74) is 4.31. The molecule has 2 aromatic rings. The molecular formula is C14H13ClF2N2. The first-order valence-electron chi connectivity index (χ1n) is 5.70. The van der Waals surface area contributed by atoms with E-state index >= 15 is 0 Å². The molecule has 1 atom stereocenters. The van der Waals surface area contributed by atoms with E-state index in [1.165, 1.54) is 24.3 Å². The number of halogens is 3. The van der Waals surface area contributed by atoms with Gasteiger partial charge in [-0.25, -0.2) is 14.2 Å². The van der Waals surface area contributed by atoms with Crippen LogP contribution in [0.1, 0.15) is 22.7 Å². The molecule has 0 spiro atoms. The molecule has 0 radical (unpaired) electrons. The number of aryl methyl sites for hydroxylation is 1. The van der Waals surface area contributed by atoms with Crippen LogP contribution >= 0.6 is 11.6 Å². The van der Waals surface area contributed by atoms with Gasteiger partial charge in [-0.1, -0.05) is 35.4 Å². The monoisotopic (exact) mass is 282 g/mol. The molecule has 19 heavy (non-hydrogen) atoms. The van der Waals surface area contributed by atoms with Crippen molar-refractivity contribution in [2.45, 2.75) is 13.0 Å². The lowest BCUT2D eigenvalue weighted by atomic mass is 9.97. The number of hydrogen-bond donors (Lipinski definition) is 2. The van der Waals surface area contributed by atoms with Crippen LogP contribution in [0.25, 0.3) is 0 Å². The highest BCUT2D eigenvalue weighted by atomic mass is 35.5. The Labute approximate surface area is 115 Å². The molecule has 100 valence electrons. The summed E-state index contributed by atoms with van der Waals surface area (Å²) in [5, 5.41) is 0.198. The number of nitrogens with one attached hydrogen (secondary N) is 1. The lowest BCUT2D eigenvalue weighted by Gasteiger charge is -2.19. The van der Waals surface area contributed by atoms with Crippen molar-refractivity contribution in [3.8, 4) is 0 Å². The van der Waals surface area contributed by atoms with Gasteiger partial charge in [-0.15, -0.1) is 0 Å². The topological polar surface area (TPSA) is 38.0 Å². The maximum atomic E-state index is 13.9. The fourth-order valence-electron chi connectivity index (χ4n) is 1.97. The molecule has 2 aromatic carbocycles. The molecule has 3 N–H and O–H groups in total. The molecular weight excluding hydrogens is 270 g/mol. The number of hydrogen-bond acceptors (Lipinski definition) is 2. The second-order valence-corrected chi connectivity index (χ2v) is 4.70. The average Bonchev–Trinajstić information content (AvgIpc) is 2.36. The molecule has 0 bridgehead atoms. The summed E-state index contributed by atoms with van der Waals surface area (Å²) in [6.45, 7) is 1.85. The molecule has 0 aliphatic carbocycles. The Bertz CT molecular complexity index is 602. The molecule has 2 nitrogen and oxygen atoms in total. The summed E-state index contributed by atoms with van der Waals surface area (Å²) in [6.07, 6.45) is 0. The van der Waals surface area contributed by atoms with Gasteiger partial charge in [-0.3, -0.25) is 5.84 Å². The van der Waals surface area contributed by atoms with Gasteiger partial charge in [-0.05, 0) is 30.7 Å². The van der Waals surface area contributed by atoms with Crippen LogP contribution in [0.5, 0.6) is 0 Å². The van der Waals surface area contributed by atoms with Crippen molar-refractivity contribution < 1.29 is 8.78 Å². The highest BCUT2D eigenvalue weighted by Gasteiger charge is 2.19. The molecule has 5 heteroatoms. The Hall–Kier alpha value is -1.49. The van der Waals surface area contributed by atoms with Gasteiger partial charge in [0.05, 0.1) is 6.04 Å². The second kappa shape index (κ2) is 5.65. The molecule has 0 fully saturated rings. The molecule has 0 saturated heterocycles. The van der Waals surface area contributed by atoms with Gasteiger partial charge in [0.15, 0.2) is 0 Å². The van der Waals surface area contributed by atoms with Crippen LogP contribution in [-0.2, 0) is 0 Å². The standard InChI is InChI=1S/C14H13ClF2N2/c1-8-2-5-13(17)11(6-8)14(19-18)10-4-3-9(16)7-12(10)15/h2-7,14,19H,18H2,1H3. The number of nitrogens with two attached hydrogens (primary N) is 1. The molecule has 0 aliphatic rings. The summed E-state index contributed by atoms with van der Waals surface area (Å²) in [4.78, 5) is 0. The highest BCUT2D eigenvalue weighted by molar-refractivity contribution is 6.31. The van der Waals surface area contributed by atoms with E-state index in [2.05, 4.69) is 5.43 Å². The third-order valence-electron chi connectivity index (χ3n) is 2.90. The Morgan fingerprint density at radius 3 is 2.47 bits per heavy atom. The van der Waals surface area contributed by atoms with Crippen molar-refractivity contribution in [1.82, 2.24) is 5.43 Å². The maximum Gasteiger partial charge on any atom is 0.128 e. The zero-order valence-electron chi connectivity index (χ0n) is 10.3. The molecule has 1 unspecified atom stereocenters. The largest absolute Gasteiger partial charge is 0.271 e. The van der Waals surface area contributed by atoms with Crippen LogP contribution < -0.4 is 11.3 Å². The van der Waals surface area contributed by atoms with Crippen LogP contribution in [0.4, 0.5) is 8.78 Å². The third-order valence-corrected chi connectivity index (χ3v) is 3.23. The quantitative estimate of drug-likeness (QED) is 0.668. The third kappa shape index (κ3) is 2.92.